The third-order valence-corrected chi connectivity index (χ3v) is 2.15. The van der Waals surface area contributed by atoms with Crippen LogP contribution in [0.4, 0.5) is 5.69 Å². The van der Waals surface area contributed by atoms with Crippen molar-refractivity contribution in [2.45, 2.75) is 0 Å². The Morgan fingerprint density at radius 3 is 2.74 bits per heavy atom. The fourth-order valence-corrected chi connectivity index (χ4v) is 1.35. The molecule has 2 aromatic rings. The highest BCUT2D eigenvalue weighted by Crippen LogP contribution is 2.06. The van der Waals surface area contributed by atoms with Crippen LogP contribution in [0.5, 0.6) is 0 Å². The standard InChI is InChI=1S/C13H11N5O/c14-3-1-2-10-4-11(6-15-5-10)13(19)18-12-7-16-9-17-8-12/h4-9H,3,14H2,(H,18,19). The molecule has 2 aromatic heterocycles. The largest absolute Gasteiger partial charge is 0.320 e. The molecule has 0 fully saturated rings. The summed E-state index contributed by atoms with van der Waals surface area (Å²) < 4.78 is 0. The van der Waals surface area contributed by atoms with E-state index < -0.39 is 0 Å². The first kappa shape index (κ1) is 12.7. The number of aromatic nitrogens is 3. The van der Waals surface area contributed by atoms with Gasteiger partial charge in [0.2, 0.25) is 0 Å². The van der Waals surface area contributed by atoms with Crippen LogP contribution in [0.15, 0.2) is 37.2 Å². The van der Waals surface area contributed by atoms with Gasteiger partial charge >= 0.3 is 0 Å². The molecule has 6 nitrogen and oxygen atoms in total. The van der Waals surface area contributed by atoms with E-state index in [9.17, 15) is 4.79 Å². The van der Waals surface area contributed by atoms with E-state index in [1.54, 1.807) is 12.3 Å². The Morgan fingerprint density at radius 1 is 1.21 bits per heavy atom. The Kier molecular flexibility index (Phi) is 4.16. The fraction of sp³-hybridized carbons (Fsp3) is 0.0769. The van der Waals surface area contributed by atoms with Crippen LogP contribution < -0.4 is 11.1 Å². The fourth-order valence-electron chi connectivity index (χ4n) is 1.35. The highest BCUT2D eigenvalue weighted by molar-refractivity contribution is 6.04. The zero-order valence-electron chi connectivity index (χ0n) is 10.00. The van der Waals surface area contributed by atoms with Crippen molar-refractivity contribution in [2.75, 3.05) is 11.9 Å². The molecule has 0 aliphatic heterocycles. The molecule has 0 aromatic carbocycles. The predicted molar refractivity (Wildman–Crippen MR) is 70.2 cm³/mol. The van der Waals surface area contributed by atoms with Gasteiger partial charge in [0.25, 0.3) is 5.91 Å². The average Bonchev–Trinajstić information content (AvgIpc) is 2.46. The minimum absolute atomic E-state index is 0.262. The Morgan fingerprint density at radius 2 is 2.00 bits per heavy atom. The summed E-state index contributed by atoms with van der Waals surface area (Å²) in [4.78, 5) is 23.5. The summed E-state index contributed by atoms with van der Waals surface area (Å²) >= 11 is 0. The summed E-state index contributed by atoms with van der Waals surface area (Å²) in [5, 5.41) is 2.66. The van der Waals surface area contributed by atoms with Crippen molar-refractivity contribution < 1.29 is 4.79 Å². The Hall–Kier alpha value is -2.78. The van der Waals surface area contributed by atoms with Gasteiger partial charge in [-0.25, -0.2) is 9.97 Å². The molecule has 0 atom stereocenters. The molecule has 0 aliphatic rings. The summed E-state index contributed by atoms with van der Waals surface area (Å²) in [5.74, 6) is 5.23. The molecule has 6 heteroatoms. The number of carbonyl (C=O) groups excluding carboxylic acids is 1. The molecule has 0 saturated carbocycles. The molecule has 0 bridgehead atoms. The number of pyridine rings is 1. The second-order valence-electron chi connectivity index (χ2n) is 3.55. The summed E-state index contributed by atoms with van der Waals surface area (Å²) in [6.45, 7) is 0.262. The lowest BCUT2D eigenvalue weighted by molar-refractivity contribution is 0.102. The van der Waals surface area contributed by atoms with Gasteiger partial charge in [0.1, 0.15) is 6.33 Å². The first-order valence-electron chi connectivity index (χ1n) is 5.50. The van der Waals surface area contributed by atoms with E-state index in [0.29, 0.717) is 16.8 Å². The van der Waals surface area contributed by atoms with Gasteiger partial charge in [-0.3, -0.25) is 9.78 Å². The predicted octanol–water partition coefficient (Wildman–Crippen LogP) is 0.434. The van der Waals surface area contributed by atoms with Crippen molar-refractivity contribution in [3.05, 3.63) is 48.3 Å². The summed E-state index contributed by atoms with van der Waals surface area (Å²) in [7, 11) is 0. The van der Waals surface area contributed by atoms with Gasteiger partial charge in [-0.15, -0.1) is 0 Å². The van der Waals surface area contributed by atoms with Gasteiger partial charge in [-0.05, 0) is 6.07 Å². The molecule has 0 radical (unpaired) electrons. The maximum Gasteiger partial charge on any atom is 0.257 e. The normalized spacial score (nSPS) is 9.32. The minimum atomic E-state index is -0.293. The van der Waals surface area contributed by atoms with Crippen molar-refractivity contribution in [3.63, 3.8) is 0 Å². The zero-order valence-corrected chi connectivity index (χ0v) is 10.00. The topological polar surface area (TPSA) is 93.8 Å². The van der Waals surface area contributed by atoms with Crippen LogP contribution in [-0.4, -0.2) is 27.4 Å². The molecule has 94 valence electrons. The van der Waals surface area contributed by atoms with Gasteiger partial charge in [-0.1, -0.05) is 11.8 Å². The maximum atomic E-state index is 12.0. The molecule has 19 heavy (non-hydrogen) atoms. The highest BCUT2D eigenvalue weighted by atomic mass is 16.1. The molecule has 0 unspecified atom stereocenters. The van der Waals surface area contributed by atoms with Gasteiger partial charge in [0.05, 0.1) is 30.2 Å². The first-order chi connectivity index (χ1) is 9.29. The van der Waals surface area contributed by atoms with Gasteiger partial charge in [0.15, 0.2) is 0 Å². The third-order valence-electron chi connectivity index (χ3n) is 2.15. The van der Waals surface area contributed by atoms with Crippen molar-refractivity contribution in [3.8, 4) is 11.8 Å². The number of rotatable bonds is 2. The van der Waals surface area contributed by atoms with Crippen LogP contribution in [0.25, 0.3) is 0 Å². The molecule has 3 N–H and O–H groups in total. The number of nitrogens with one attached hydrogen (secondary N) is 1. The lowest BCUT2D eigenvalue weighted by atomic mass is 10.2. The minimum Gasteiger partial charge on any atom is -0.320 e. The molecule has 2 rings (SSSR count). The molecule has 0 spiro atoms. The summed E-state index contributed by atoms with van der Waals surface area (Å²) in [6, 6.07) is 1.65. The monoisotopic (exact) mass is 253 g/mol. The highest BCUT2D eigenvalue weighted by Gasteiger charge is 2.07. The van der Waals surface area contributed by atoms with E-state index in [2.05, 4.69) is 32.1 Å². The SMILES string of the molecule is NCC#Cc1cncc(C(=O)Nc2cncnc2)c1. The van der Waals surface area contributed by atoms with E-state index in [1.807, 2.05) is 0 Å². The van der Waals surface area contributed by atoms with E-state index in [1.165, 1.54) is 24.9 Å². The molecule has 0 saturated heterocycles. The Labute approximate surface area is 110 Å². The lowest BCUT2D eigenvalue weighted by Crippen LogP contribution is -2.12. The van der Waals surface area contributed by atoms with Crippen LogP contribution >= 0.6 is 0 Å². The van der Waals surface area contributed by atoms with Crippen LogP contribution in [0.2, 0.25) is 0 Å². The number of hydrogen-bond donors (Lipinski definition) is 2. The first-order valence-corrected chi connectivity index (χ1v) is 5.50. The number of nitrogens with zero attached hydrogens (tertiary/aromatic N) is 3. The zero-order chi connectivity index (χ0) is 13.5. The molecule has 2 heterocycles. The van der Waals surface area contributed by atoms with E-state index in [4.69, 9.17) is 5.73 Å². The van der Waals surface area contributed by atoms with Gasteiger partial charge in [-0.2, -0.15) is 0 Å². The Bertz CT molecular complexity index is 630. The van der Waals surface area contributed by atoms with E-state index in [-0.39, 0.29) is 12.5 Å². The second-order valence-corrected chi connectivity index (χ2v) is 3.55. The van der Waals surface area contributed by atoms with Crippen LogP contribution in [-0.2, 0) is 0 Å². The molecule has 1 amide bonds. The van der Waals surface area contributed by atoms with Crippen molar-refractivity contribution in [2.24, 2.45) is 5.73 Å². The molecular weight excluding hydrogens is 242 g/mol. The van der Waals surface area contributed by atoms with Crippen LogP contribution in [0, 0.1) is 11.8 Å². The van der Waals surface area contributed by atoms with Gasteiger partial charge < -0.3 is 11.1 Å². The third kappa shape index (κ3) is 3.59. The summed E-state index contributed by atoms with van der Waals surface area (Å²) in [5.41, 5.74) is 6.86. The van der Waals surface area contributed by atoms with Gasteiger partial charge in [0, 0.05) is 18.0 Å². The number of anilines is 1. The number of amides is 1. The maximum absolute atomic E-state index is 12.0. The Balaban J connectivity index is 2.15. The van der Waals surface area contributed by atoms with E-state index >= 15 is 0 Å². The lowest BCUT2D eigenvalue weighted by Gasteiger charge is -2.03. The number of hydrogen-bond acceptors (Lipinski definition) is 5. The van der Waals surface area contributed by atoms with E-state index in [0.717, 1.165) is 0 Å². The van der Waals surface area contributed by atoms with Crippen LogP contribution in [0.3, 0.4) is 0 Å². The molecule has 0 aliphatic carbocycles. The quantitative estimate of drug-likeness (QED) is 0.757. The smallest absolute Gasteiger partial charge is 0.257 e. The summed E-state index contributed by atoms with van der Waals surface area (Å²) in [6.07, 6.45) is 7.45. The number of nitrogens with two attached hydrogens (primary N) is 1. The van der Waals surface area contributed by atoms with Crippen molar-refractivity contribution in [1.29, 1.82) is 0 Å². The molecular formula is C13H11N5O. The average molecular weight is 253 g/mol. The van der Waals surface area contributed by atoms with Crippen LogP contribution in [0.1, 0.15) is 15.9 Å². The van der Waals surface area contributed by atoms with Crippen molar-refractivity contribution >= 4 is 11.6 Å². The second kappa shape index (κ2) is 6.23. The van der Waals surface area contributed by atoms with Crippen molar-refractivity contribution in [1.82, 2.24) is 15.0 Å². The number of carbonyl (C=O) groups is 1.